The number of benzene rings is 1. The van der Waals surface area contributed by atoms with Gasteiger partial charge in [0, 0.05) is 10.6 Å². The summed E-state index contributed by atoms with van der Waals surface area (Å²) in [4.78, 5) is 12.3. The van der Waals surface area contributed by atoms with E-state index in [1.807, 2.05) is 0 Å². The van der Waals surface area contributed by atoms with E-state index in [0.717, 1.165) is 10.4 Å². The second-order valence-corrected chi connectivity index (χ2v) is 7.41. The maximum absolute atomic E-state index is 11.6. The van der Waals surface area contributed by atoms with Crippen LogP contribution in [0.15, 0.2) is 30.3 Å². The molecule has 0 spiro atoms. The third-order valence-corrected chi connectivity index (χ3v) is 5.31. The Hall–Kier alpha value is -2.06. The fourth-order valence-corrected chi connectivity index (χ4v) is 3.29. The highest BCUT2D eigenvalue weighted by atomic mass is 32.2. The summed E-state index contributed by atoms with van der Waals surface area (Å²) in [5.41, 5.74) is 12.5. The zero-order chi connectivity index (χ0) is 15.6. The molecule has 0 unspecified atom stereocenters. The standard InChI is InChI=1S/C13H15N3O3S2/c1-2-21(18,19)16-9-5-3-4-8(6-9)11-7-10(14)12(20-11)13(15)17/h3-7,16H,2,14H2,1H3,(H2,15,17). The van der Waals surface area contributed by atoms with Crippen LogP contribution >= 0.6 is 11.3 Å². The van der Waals surface area contributed by atoms with Crippen LogP contribution in [0.3, 0.4) is 0 Å². The van der Waals surface area contributed by atoms with Crippen molar-refractivity contribution in [1.29, 1.82) is 0 Å². The van der Waals surface area contributed by atoms with Crippen molar-refractivity contribution < 1.29 is 13.2 Å². The van der Waals surface area contributed by atoms with Crippen molar-refractivity contribution in [2.24, 2.45) is 5.73 Å². The lowest BCUT2D eigenvalue weighted by atomic mass is 10.1. The summed E-state index contributed by atoms with van der Waals surface area (Å²) in [5.74, 6) is -0.582. The van der Waals surface area contributed by atoms with Crippen LogP contribution in [0.2, 0.25) is 0 Å². The number of nitrogens with one attached hydrogen (secondary N) is 1. The highest BCUT2D eigenvalue weighted by molar-refractivity contribution is 7.92. The van der Waals surface area contributed by atoms with Crippen molar-refractivity contribution in [3.05, 3.63) is 35.2 Å². The van der Waals surface area contributed by atoms with E-state index in [0.29, 0.717) is 16.3 Å². The smallest absolute Gasteiger partial charge is 0.260 e. The number of nitrogen functional groups attached to an aromatic ring is 1. The summed E-state index contributed by atoms with van der Waals surface area (Å²) < 4.78 is 25.6. The van der Waals surface area contributed by atoms with Gasteiger partial charge in [-0.05, 0) is 30.7 Å². The van der Waals surface area contributed by atoms with Gasteiger partial charge in [0.2, 0.25) is 10.0 Å². The average molecular weight is 325 g/mol. The molecule has 112 valence electrons. The van der Waals surface area contributed by atoms with Crippen LogP contribution < -0.4 is 16.2 Å². The summed E-state index contributed by atoms with van der Waals surface area (Å²) in [5, 5.41) is 0. The lowest BCUT2D eigenvalue weighted by Gasteiger charge is -2.07. The van der Waals surface area contributed by atoms with Gasteiger partial charge in [-0.2, -0.15) is 0 Å². The van der Waals surface area contributed by atoms with Crippen LogP contribution in [0.1, 0.15) is 16.6 Å². The first kappa shape index (κ1) is 15.3. The lowest BCUT2D eigenvalue weighted by Crippen LogP contribution is -2.14. The maximum atomic E-state index is 11.6. The number of primary amides is 1. The topological polar surface area (TPSA) is 115 Å². The molecular weight excluding hydrogens is 310 g/mol. The zero-order valence-corrected chi connectivity index (χ0v) is 12.9. The zero-order valence-electron chi connectivity index (χ0n) is 11.3. The van der Waals surface area contributed by atoms with Crippen molar-refractivity contribution in [2.75, 3.05) is 16.2 Å². The van der Waals surface area contributed by atoms with Gasteiger partial charge in [-0.25, -0.2) is 8.42 Å². The van der Waals surface area contributed by atoms with Gasteiger partial charge in [-0.15, -0.1) is 11.3 Å². The number of amides is 1. The number of carbonyl (C=O) groups is 1. The number of sulfonamides is 1. The Morgan fingerprint density at radius 3 is 2.62 bits per heavy atom. The Kier molecular flexibility index (Phi) is 4.19. The molecule has 0 saturated carbocycles. The molecule has 2 aromatic rings. The van der Waals surface area contributed by atoms with E-state index in [4.69, 9.17) is 11.5 Å². The van der Waals surface area contributed by atoms with Crippen LogP contribution in [-0.4, -0.2) is 20.1 Å². The first-order chi connectivity index (χ1) is 9.82. The molecule has 0 aliphatic heterocycles. The van der Waals surface area contributed by atoms with Gasteiger partial charge in [-0.1, -0.05) is 12.1 Å². The number of hydrogen-bond donors (Lipinski definition) is 3. The molecular formula is C13H15N3O3S2. The highest BCUT2D eigenvalue weighted by Gasteiger charge is 2.13. The van der Waals surface area contributed by atoms with E-state index in [-0.39, 0.29) is 5.75 Å². The van der Waals surface area contributed by atoms with Gasteiger partial charge in [-0.3, -0.25) is 9.52 Å². The fourth-order valence-electron chi connectivity index (χ4n) is 1.73. The Morgan fingerprint density at radius 2 is 2.05 bits per heavy atom. The van der Waals surface area contributed by atoms with Crippen LogP contribution in [0, 0.1) is 0 Å². The minimum absolute atomic E-state index is 0.00496. The molecule has 1 aromatic heterocycles. The first-order valence-corrected chi connectivity index (χ1v) is 8.59. The number of carbonyl (C=O) groups excluding carboxylic acids is 1. The largest absolute Gasteiger partial charge is 0.397 e. The predicted octanol–water partition coefficient (Wildman–Crippen LogP) is 1.86. The Bertz CT molecular complexity index is 782. The van der Waals surface area contributed by atoms with E-state index in [9.17, 15) is 13.2 Å². The van der Waals surface area contributed by atoms with Crippen LogP contribution in [0.5, 0.6) is 0 Å². The molecule has 21 heavy (non-hydrogen) atoms. The molecule has 5 N–H and O–H groups in total. The number of anilines is 2. The van der Waals surface area contributed by atoms with E-state index in [1.165, 1.54) is 11.3 Å². The lowest BCUT2D eigenvalue weighted by molar-refractivity contribution is 0.100. The quantitative estimate of drug-likeness (QED) is 0.778. The van der Waals surface area contributed by atoms with E-state index in [2.05, 4.69) is 4.72 Å². The summed E-state index contributed by atoms with van der Waals surface area (Å²) in [6.45, 7) is 1.56. The monoisotopic (exact) mass is 325 g/mol. The van der Waals surface area contributed by atoms with Crippen molar-refractivity contribution in [2.45, 2.75) is 6.92 Å². The maximum Gasteiger partial charge on any atom is 0.260 e. The third-order valence-electron chi connectivity index (χ3n) is 2.79. The molecule has 8 heteroatoms. The molecule has 0 aliphatic carbocycles. The molecule has 0 fully saturated rings. The molecule has 2 rings (SSSR count). The van der Waals surface area contributed by atoms with Gasteiger partial charge in [0.1, 0.15) is 4.88 Å². The average Bonchev–Trinajstić information content (AvgIpc) is 2.81. The van der Waals surface area contributed by atoms with E-state index in [1.54, 1.807) is 37.3 Å². The van der Waals surface area contributed by atoms with Gasteiger partial charge in [0.15, 0.2) is 0 Å². The summed E-state index contributed by atoms with van der Waals surface area (Å²) in [6.07, 6.45) is 0. The van der Waals surface area contributed by atoms with Crippen molar-refractivity contribution in [1.82, 2.24) is 0 Å². The Balaban J connectivity index is 2.38. The predicted molar refractivity (Wildman–Crippen MR) is 85.8 cm³/mol. The molecule has 0 aliphatic rings. The van der Waals surface area contributed by atoms with Gasteiger partial charge < -0.3 is 11.5 Å². The molecule has 1 heterocycles. The summed E-state index contributed by atoms with van der Waals surface area (Å²) in [7, 11) is -3.33. The highest BCUT2D eigenvalue weighted by Crippen LogP contribution is 2.34. The van der Waals surface area contributed by atoms with Gasteiger partial charge in [0.25, 0.3) is 5.91 Å². The number of nitrogens with two attached hydrogens (primary N) is 2. The minimum atomic E-state index is -3.33. The Labute approximate surface area is 126 Å². The Morgan fingerprint density at radius 1 is 1.33 bits per heavy atom. The van der Waals surface area contributed by atoms with Crippen molar-refractivity contribution >= 4 is 38.6 Å². The molecule has 0 atom stereocenters. The summed E-state index contributed by atoms with van der Waals surface area (Å²) in [6, 6.07) is 8.52. The van der Waals surface area contributed by atoms with Crippen LogP contribution in [0.4, 0.5) is 11.4 Å². The first-order valence-electron chi connectivity index (χ1n) is 6.12. The minimum Gasteiger partial charge on any atom is -0.397 e. The number of rotatable bonds is 5. The van der Waals surface area contributed by atoms with Gasteiger partial charge in [0.05, 0.1) is 11.4 Å². The molecule has 1 amide bonds. The molecule has 1 aromatic carbocycles. The normalized spacial score (nSPS) is 11.3. The van der Waals surface area contributed by atoms with E-state index >= 15 is 0 Å². The van der Waals surface area contributed by atoms with E-state index < -0.39 is 15.9 Å². The summed E-state index contributed by atoms with van der Waals surface area (Å²) >= 11 is 1.18. The van der Waals surface area contributed by atoms with Gasteiger partial charge >= 0.3 is 0 Å². The molecule has 6 nitrogen and oxygen atoms in total. The molecule has 0 bridgehead atoms. The fraction of sp³-hybridized carbons (Fsp3) is 0.154. The van der Waals surface area contributed by atoms with Crippen LogP contribution in [-0.2, 0) is 10.0 Å². The van der Waals surface area contributed by atoms with Crippen molar-refractivity contribution in [3.8, 4) is 10.4 Å². The van der Waals surface area contributed by atoms with Crippen molar-refractivity contribution in [3.63, 3.8) is 0 Å². The molecule has 0 radical (unpaired) electrons. The third kappa shape index (κ3) is 3.53. The second kappa shape index (κ2) is 5.74. The number of hydrogen-bond acceptors (Lipinski definition) is 5. The number of thiophene rings is 1. The molecule has 0 saturated heterocycles. The SMILES string of the molecule is CCS(=O)(=O)Nc1cccc(-c2cc(N)c(C(N)=O)s2)c1. The van der Waals surface area contributed by atoms with Crippen LogP contribution in [0.25, 0.3) is 10.4 Å². The second-order valence-electron chi connectivity index (χ2n) is 4.35.